The number of nitrogens with zero attached hydrogens (tertiary/aromatic N) is 2. The molecule has 1 fully saturated rings. The van der Waals surface area contributed by atoms with Gasteiger partial charge in [-0.05, 0) is 42.3 Å². The van der Waals surface area contributed by atoms with Gasteiger partial charge in [-0.3, -0.25) is 4.79 Å². The number of hydrogen-bond acceptors (Lipinski definition) is 11. The van der Waals surface area contributed by atoms with Crippen molar-refractivity contribution in [2.75, 3.05) is 41.3 Å². The summed E-state index contributed by atoms with van der Waals surface area (Å²) in [5.74, 6) is 3.30. The maximum Gasteiger partial charge on any atom is 0.420 e. The highest BCUT2D eigenvalue weighted by molar-refractivity contribution is 8.19. The number of aryl methyl sites for hydroxylation is 1. The molecule has 0 aliphatic carbocycles. The molecule has 1 aliphatic heterocycles. The van der Waals surface area contributed by atoms with Crippen molar-refractivity contribution in [2.24, 2.45) is 0 Å². The van der Waals surface area contributed by atoms with Crippen LogP contribution in [0.4, 0.5) is 4.79 Å². The van der Waals surface area contributed by atoms with Gasteiger partial charge < -0.3 is 33.2 Å². The molecule has 0 bridgehead atoms. The van der Waals surface area contributed by atoms with E-state index in [0.29, 0.717) is 35.3 Å². The summed E-state index contributed by atoms with van der Waals surface area (Å²) in [6, 6.07) is 13.4. The summed E-state index contributed by atoms with van der Waals surface area (Å²) < 4.78 is 41.7. The first-order chi connectivity index (χ1) is 22.2. The van der Waals surface area contributed by atoms with Gasteiger partial charge in [0.1, 0.15) is 13.1 Å². The highest BCUT2D eigenvalue weighted by atomic mass is 32.2. The van der Waals surface area contributed by atoms with E-state index in [0.717, 1.165) is 27.5 Å². The van der Waals surface area contributed by atoms with E-state index in [4.69, 9.17) is 33.2 Å². The fraction of sp³-hybridized carbons (Fsp3) is 0.424. The highest BCUT2D eigenvalue weighted by Crippen LogP contribution is 2.58. The molecule has 0 saturated carbocycles. The summed E-state index contributed by atoms with van der Waals surface area (Å²) in [6.45, 7) is 5.63. The Hall–Kier alpha value is -3.97. The lowest BCUT2D eigenvalue weighted by molar-refractivity contribution is -0.701. The first kappa shape index (κ1) is 34.9. The van der Waals surface area contributed by atoms with Crippen LogP contribution in [0.15, 0.2) is 48.7 Å². The van der Waals surface area contributed by atoms with E-state index in [1.54, 1.807) is 40.0 Å². The largest absolute Gasteiger partial charge is 0.493 e. The topological polar surface area (TPSA) is 106 Å². The van der Waals surface area contributed by atoms with Crippen molar-refractivity contribution in [3.63, 3.8) is 0 Å². The molecule has 1 unspecified atom stereocenters. The third-order valence-corrected chi connectivity index (χ3v) is 10.7. The number of methoxy groups -OCH3 is 5. The zero-order chi connectivity index (χ0) is 33.4. The molecule has 1 aliphatic rings. The van der Waals surface area contributed by atoms with Gasteiger partial charge in [-0.1, -0.05) is 6.07 Å². The number of thioether (sulfide) groups is 2. The van der Waals surface area contributed by atoms with Crippen LogP contribution in [-0.2, 0) is 22.6 Å². The third-order valence-electron chi connectivity index (χ3n) is 7.35. The standard InChI is InChI=1S/C33H41N2O9S2/c1-9-34-13-11-10-12-24(34)18-35(20(2)36)33(37)44-21(3)43-31-27(40-6)14-22(15-28(31)41-7)29-19-45-32(46-29)23-16-25(38-4)30(42-8)26(17-23)39-5/h10-17,21,29,32H,9,18-19H2,1-8H3/q+1/t21?,29-,32+/m0/s1. The normalized spacial score (nSPS) is 16.3. The Balaban J connectivity index is 1.50. The Morgan fingerprint density at radius 1 is 0.891 bits per heavy atom. The molecule has 3 aromatic rings. The maximum absolute atomic E-state index is 13.1. The first-order valence-electron chi connectivity index (χ1n) is 14.6. The average Bonchev–Trinajstić information content (AvgIpc) is 3.56. The highest BCUT2D eigenvalue weighted by Gasteiger charge is 2.32. The maximum atomic E-state index is 13.1. The molecular weight excluding hydrogens is 633 g/mol. The van der Waals surface area contributed by atoms with Gasteiger partial charge in [0.25, 0.3) is 0 Å². The van der Waals surface area contributed by atoms with Crippen LogP contribution in [0.25, 0.3) is 0 Å². The number of rotatable bonds is 13. The van der Waals surface area contributed by atoms with Crippen LogP contribution in [0.3, 0.4) is 0 Å². The zero-order valence-electron chi connectivity index (χ0n) is 27.4. The van der Waals surface area contributed by atoms with E-state index in [1.807, 2.05) is 71.9 Å². The summed E-state index contributed by atoms with van der Waals surface area (Å²) in [6.07, 6.45) is 0.0136. The van der Waals surface area contributed by atoms with Gasteiger partial charge in [0, 0.05) is 37.0 Å². The molecule has 248 valence electrons. The Morgan fingerprint density at radius 3 is 2.02 bits per heavy atom. The van der Waals surface area contributed by atoms with Crippen LogP contribution in [0, 0.1) is 0 Å². The summed E-state index contributed by atoms with van der Waals surface area (Å²) >= 11 is 3.61. The summed E-state index contributed by atoms with van der Waals surface area (Å²) in [5, 5.41) is 0.120. The lowest BCUT2D eigenvalue weighted by atomic mass is 10.1. The second-order valence-corrected chi connectivity index (χ2v) is 12.9. The summed E-state index contributed by atoms with van der Waals surface area (Å²) in [5.41, 5.74) is 2.84. The van der Waals surface area contributed by atoms with E-state index in [2.05, 4.69) is 0 Å². The molecule has 2 heterocycles. The number of carbonyl (C=O) groups is 2. The van der Waals surface area contributed by atoms with Crippen molar-refractivity contribution in [1.29, 1.82) is 0 Å². The van der Waals surface area contributed by atoms with Crippen LogP contribution in [0.2, 0.25) is 0 Å². The van der Waals surface area contributed by atoms with Gasteiger partial charge in [-0.15, -0.1) is 23.5 Å². The summed E-state index contributed by atoms with van der Waals surface area (Å²) in [7, 11) is 7.87. The van der Waals surface area contributed by atoms with E-state index >= 15 is 0 Å². The van der Waals surface area contributed by atoms with Crippen LogP contribution < -0.4 is 33.0 Å². The van der Waals surface area contributed by atoms with Gasteiger partial charge in [-0.25, -0.2) is 14.3 Å². The monoisotopic (exact) mass is 673 g/mol. The van der Waals surface area contributed by atoms with Gasteiger partial charge in [0.05, 0.1) is 40.1 Å². The minimum atomic E-state index is -1.06. The predicted molar refractivity (Wildman–Crippen MR) is 176 cm³/mol. The molecule has 11 nitrogen and oxygen atoms in total. The number of carbonyl (C=O) groups excluding carboxylic acids is 2. The van der Waals surface area contributed by atoms with Crippen molar-refractivity contribution >= 4 is 35.5 Å². The second kappa shape index (κ2) is 16.0. The van der Waals surface area contributed by atoms with Crippen LogP contribution in [0.1, 0.15) is 47.4 Å². The van der Waals surface area contributed by atoms with Crippen molar-refractivity contribution in [2.45, 2.75) is 50.0 Å². The minimum Gasteiger partial charge on any atom is -0.493 e. The Bertz CT molecular complexity index is 1490. The molecule has 46 heavy (non-hydrogen) atoms. The number of hydrogen-bond donors (Lipinski definition) is 0. The lowest BCUT2D eigenvalue weighted by Crippen LogP contribution is -2.44. The minimum absolute atomic E-state index is 0.0606. The molecule has 3 atom stereocenters. The van der Waals surface area contributed by atoms with Crippen molar-refractivity contribution in [3.05, 3.63) is 65.5 Å². The number of benzene rings is 2. The average molecular weight is 674 g/mol. The Morgan fingerprint density at radius 2 is 1.48 bits per heavy atom. The van der Waals surface area contributed by atoms with Gasteiger partial charge in [0.15, 0.2) is 29.2 Å². The van der Waals surface area contributed by atoms with Gasteiger partial charge in [-0.2, -0.15) is 0 Å². The second-order valence-electron chi connectivity index (χ2n) is 10.2. The number of aromatic nitrogens is 1. The predicted octanol–water partition coefficient (Wildman–Crippen LogP) is 6.17. The molecule has 2 amide bonds. The fourth-order valence-corrected chi connectivity index (χ4v) is 8.28. The molecule has 13 heteroatoms. The molecular formula is C33H41N2O9S2+. The smallest absolute Gasteiger partial charge is 0.420 e. The van der Waals surface area contributed by atoms with E-state index in [-0.39, 0.29) is 22.1 Å². The first-order valence-corrected chi connectivity index (χ1v) is 16.6. The molecule has 1 aromatic heterocycles. The molecule has 2 aromatic carbocycles. The molecule has 1 saturated heterocycles. The van der Waals surface area contributed by atoms with Crippen LogP contribution >= 0.6 is 23.5 Å². The van der Waals surface area contributed by atoms with Crippen molar-refractivity contribution in [1.82, 2.24) is 4.90 Å². The Labute approximate surface area is 278 Å². The van der Waals surface area contributed by atoms with Gasteiger partial charge >= 0.3 is 6.09 Å². The molecule has 0 radical (unpaired) electrons. The third kappa shape index (κ3) is 7.87. The molecule has 0 N–H and O–H groups in total. The molecule has 0 spiro atoms. The quantitative estimate of drug-likeness (QED) is 0.154. The van der Waals surface area contributed by atoms with Crippen LogP contribution in [-0.4, -0.2) is 64.5 Å². The fourth-order valence-electron chi connectivity index (χ4n) is 5.02. The number of ether oxygens (including phenoxy) is 7. The SMILES string of the molecule is CC[n+]1ccccc1CN(C(C)=O)C(=O)OC(C)Oc1c(OC)cc([C@@H]2CS[C@@H](c3cc(OC)c(OC)c(OC)c3)S2)cc1OC. The molecule has 4 rings (SSSR count). The van der Waals surface area contributed by atoms with E-state index < -0.39 is 18.3 Å². The zero-order valence-corrected chi connectivity index (χ0v) is 29.0. The Kier molecular flexibility index (Phi) is 12.2. The van der Waals surface area contributed by atoms with Gasteiger partial charge in [0.2, 0.25) is 29.4 Å². The summed E-state index contributed by atoms with van der Waals surface area (Å²) in [4.78, 5) is 26.5. The lowest BCUT2D eigenvalue weighted by Gasteiger charge is -2.23. The number of amides is 2. The van der Waals surface area contributed by atoms with Crippen molar-refractivity contribution < 1.29 is 47.3 Å². The number of pyridine rings is 1. The van der Waals surface area contributed by atoms with E-state index in [1.165, 1.54) is 21.1 Å². The van der Waals surface area contributed by atoms with E-state index in [9.17, 15) is 9.59 Å². The van der Waals surface area contributed by atoms with Crippen LogP contribution in [0.5, 0.6) is 34.5 Å². The van der Waals surface area contributed by atoms with Crippen molar-refractivity contribution in [3.8, 4) is 34.5 Å². The number of imide groups is 1.